The lowest BCUT2D eigenvalue weighted by Crippen LogP contribution is -2.41. The highest BCUT2D eigenvalue weighted by Gasteiger charge is 2.59. The molecule has 3 rings (SSSR count). The third-order valence-corrected chi connectivity index (χ3v) is 5.84. The van der Waals surface area contributed by atoms with Crippen molar-refractivity contribution in [2.75, 3.05) is 19.6 Å². The van der Waals surface area contributed by atoms with Crippen LogP contribution >= 0.6 is 11.3 Å². The molecule has 1 saturated carbocycles. The second-order valence-electron chi connectivity index (χ2n) is 6.32. The van der Waals surface area contributed by atoms with Gasteiger partial charge in [-0.25, -0.2) is 0 Å². The van der Waals surface area contributed by atoms with Crippen LogP contribution in [0.5, 0.6) is 0 Å². The molecule has 1 spiro atoms. The molecule has 2 heterocycles. The van der Waals surface area contributed by atoms with Crippen LogP contribution in [-0.2, 0) is 9.59 Å². The van der Waals surface area contributed by atoms with Gasteiger partial charge in [0.05, 0.1) is 10.8 Å². The number of likely N-dealkylation sites (tertiary alicyclic amines) is 1. The zero-order valence-corrected chi connectivity index (χ0v) is 13.6. The Morgan fingerprint density at radius 2 is 2.09 bits per heavy atom. The van der Waals surface area contributed by atoms with Crippen molar-refractivity contribution in [2.24, 2.45) is 11.3 Å². The van der Waals surface area contributed by atoms with Crippen molar-refractivity contribution in [2.45, 2.75) is 25.7 Å². The highest BCUT2D eigenvalue weighted by molar-refractivity contribution is 7.12. The summed E-state index contributed by atoms with van der Waals surface area (Å²) < 4.78 is 0. The highest BCUT2D eigenvalue weighted by Crippen LogP contribution is 2.59. The second-order valence-corrected chi connectivity index (χ2v) is 7.27. The lowest BCUT2D eigenvalue weighted by atomic mass is 9.90. The lowest BCUT2D eigenvalue weighted by molar-refractivity contribution is -0.139. The fraction of sp³-hybridized carbons (Fsp3) is 0.562. The average molecular weight is 336 g/mol. The first kappa shape index (κ1) is 16.0. The van der Waals surface area contributed by atoms with Gasteiger partial charge < -0.3 is 15.3 Å². The molecular weight excluding hydrogens is 316 g/mol. The molecule has 0 aromatic carbocycles. The van der Waals surface area contributed by atoms with Gasteiger partial charge in [-0.3, -0.25) is 14.4 Å². The molecule has 2 fully saturated rings. The van der Waals surface area contributed by atoms with Crippen LogP contribution in [0.3, 0.4) is 0 Å². The van der Waals surface area contributed by atoms with Crippen molar-refractivity contribution in [3.05, 3.63) is 22.4 Å². The van der Waals surface area contributed by atoms with E-state index in [2.05, 4.69) is 5.32 Å². The van der Waals surface area contributed by atoms with E-state index in [1.807, 2.05) is 11.4 Å². The molecule has 1 saturated heterocycles. The monoisotopic (exact) mass is 336 g/mol. The number of carboxylic acid groups (broad SMARTS) is 1. The summed E-state index contributed by atoms with van der Waals surface area (Å²) in [5, 5.41) is 13.7. The molecule has 0 bridgehead atoms. The van der Waals surface area contributed by atoms with Gasteiger partial charge in [-0.1, -0.05) is 6.07 Å². The van der Waals surface area contributed by atoms with E-state index in [1.165, 1.54) is 11.3 Å². The minimum atomic E-state index is -0.707. The summed E-state index contributed by atoms with van der Waals surface area (Å²) in [5.74, 6) is -1.04. The molecule has 0 radical (unpaired) electrons. The molecule has 1 aliphatic heterocycles. The number of nitrogens with zero attached hydrogens (tertiary/aromatic N) is 1. The van der Waals surface area contributed by atoms with Gasteiger partial charge in [0.25, 0.3) is 5.91 Å². The van der Waals surface area contributed by atoms with Crippen LogP contribution in [0.2, 0.25) is 0 Å². The molecule has 2 amide bonds. The number of hydrogen-bond acceptors (Lipinski definition) is 4. The topological polar surface area (TPSA) is 86.7 Å². The van der Waals surface area contributed by atoms with E-state index in [-0.39, 0.29) is 29.6 Å². The first-order valence-corrected chi connectivity index (χ1v) is 8.72. The van der Waals surface area contributed by atoms with Gasteiger partial charge in [-0.15, -0.1) is 11.3 Å². The molecule has 1 aromatic heterocycles. The van der Waals surface area contributed by atoms with Crippen LogP contribution < -0.4 is 5.32 Å². The normalized spacial score (nSPS) is 21.9. The smallest absolute Gasteiger partial charge is 0.307 e. The summed E-state index contributed by atoms with van der Waals surface area (Å²) >= 11 is 1.37. The molecule has 2 N–H and O–H groups in total. The maximum Gasteiger partial charge on any atom is 0.307 e. The third kappa shape index (κ3) is 3.39. The van der Waals surface area contributed by atoms with Crippen LogP contribution in [0.1, 0.15) is 35.4 Å². The zero-order valence-electron chi connectivity index (χ0n) is 12.8. The average Bonchev–Trinajstić information content (AvgIpc) is 2.99. The van der Waals surface area contributed by atoms with Crippen LogP contribution in [0.4, 0.5) is 0 Å². The summed E-state index contributed by atoms with van der Waals surface area (Å²) in [7, 11) is 0. The van der Waals surface area contributed by atoms with E-state index in [1.54, 1.807) is 11.0 Å². The molecule has 1 aromatic rings. The summed E-state index contributed by atoms with van der Waals surface area (Å²) in [4.78, 5) is 37.4. The Bertz CT molecular complexity index is 606. The molecule has 2 aliphatic rings. The van der Waals surface area contributed by atoms with Crippen molar-refractivity contribution < 1.29 is 19.5 Å². The van der Waals surface area contributed by atoms with Gasteiger partial charge in [0.15, 0.2) is 0 Å². The Balaban J connectivity index is 1.39. The zero-order chi connectivity index (χ0) is 16.4. The fourth-order valence-corrected chi connectivity index (χ4v) is 4.03. The minimum Gasteiger partial charge on any atom is -0.481 e. The van der Waals surface area contributed by atoms with Gasteiger partial charge in [-0.2, -0.15) is 0 Å². The summed E-state index contributed by atoms with van der Waals surface area (Å²) in [5.41, 5.74) is -0.0595. The largest absolute Gasteiger partial charge is 0.481 e. The third-order valence-electron chi connectivity index (χ3n) is 4.97. The molecule has 6 nitrogen and oxygen atoms in total. The number of nitrogens with one attached hydrogen (secondary N) is 1. The van der Waals surface area contributed by atoms with Crippen molar-refractivity contribution in [1.82, 2.24) is 10.2 Å². The molecule has 124 valence electrons. The molecular formula is C16H20N2O4S. The van der Waals surface area contributed by atoms with Gasteiger partial charge >= 0.3 is 5.97 Å². The number of carboxylic acids is 1. The first-order chi connectivity index (χ1) is 11.0. The Morgan fingerprint density at radius 3 is 2.65 bits per heavy atom. The standard InChI is InChI=1S/C16H20N2O4S/c19-13(3-6-17-14(20)12-2-1-9-23-12)18-7-4-16(5-8-18)10-11(16)15(21)22/h1-2,9,11H,3-8,10H2,(H,17,20)(H,21,22). The first-order valence-electron chi connectivity index (χ1n) is 7.84. The van der Waals surface area contributed by atoms with E-state index in [0.29, 0.717) is 24.5 Å². The quantitative estimate of drug-likeness (QED) is 0.855. The number of aliphatic carboxylic acids is 1. The number of rotatable bonds is 5. The van der Waals surface area contributed by atoms with Crippen LogP contribution in [-0.4, -0.2) is 47.4 Å². The van der Waals surface area contributed by atoms with Crippen molar-refractivity contribution in [3.8, 4) is 0 Å². The van der Waals surface area contributed by atoms with Crippen LogP contribution in [0.25, 0.3) is 0 Å². The predicted molar refractivity (Wildman–Crippen MR) is 85.3 cm³/mol. The number of piperidine rings is 1. The van der Waals surface area contributed by atoms with Gasteiger partial charge in [0.2, 0.25) is 5.91 Å². The van der Waals surface area contributed by atoms with Gasteiger partial charge in [0.1, 0.15) is 0 Å². The number of carbonyl (C=O) groups excluding carboxylic acids is 2. The van der Waals surface area contributed by atoms with Crippen LogP contribution in [0.15, 0.2) is 17.5 Å². The van der Waals surface area contributed by atoms with E-state index in [0.717, 1.165) is 19.3 Å². The summed E-state index contributed by atoms with van der Waals surface area (Å²) in [6.07, 6.45) is 2.59. The number of hydrogen-bond donors (Lipinski definition) is 2. The Hall–Kier alpha value is -1.89. The van der Waals surface area contributed by atoms with Crippen molar-refractivity contribution in [1.29, 1.82) is 0 Å². The maximum atomic E-state index is 12.2. The molecule has 1 aliphatic carbocycles. The van der Waals surface area contributed by atoms with Gasteiger partial charge in [0, 0.05) is 26.1 Å². The second kappa shape index (κ2) is 6.31. The van der Waals surface area contributed by atoms with E-state index in [9.17, 15) is 14.4 Å². The van der Waals surface area contributed by atoms with E-state index < -0.39 is 5.97 Å². The van der Waals surface area contributed by atoms with Crippen LogP contribution in [0, 0.1) is 11.3 Å². The molecule has 23 heavy (non-hydrogen) atoms. The maximum absolute atomic E-state index is 12.2. The predicted octanol–water partition coefficient (Wildman–Crippen LogP) is 1.58. The SMILES string of the molecule is O=C(NCCC(=O)N1CCC2(CC1)CC2C(=O)O)c1cccs1. The van der Waals surface area contributed by atoms with Gasteiger partial charge in [-0.05, 0) is 36.1 Å². The van der Waals surface area contributed by atoms with E-state index in [4.69, 9.17) is 5.11 Å². The molecule has 1 atom stereocenters. The number of amides is 2. The summed E-state index contributed by atoms with van der Waals surface area (Å²) in [6, 6.07) is 3.57. The van der Waals surface area contributed by atoms with Crippen molar-refractivity contribution in [3.63, 3.8) is 0 Å². The highest BCUT2D eigenvalue weighted by atomic mass is 32.1. The fourth-order valence-electron chi connectivity index (χ4n) is 3.39. The van der Waals surface area contributed by atoms with E-state index >= 15 is 0 Å². The lowest BCUT2D eigenvalue weighted by Gasteiger charge is -2.32. The molecule has 7 heteroatoms. The Labute approximate surface area is 138 Å². The number of thiophene rings is 1. The minimum absolute atomic E-state index is 0.0267. The Kier molecular flexibility index (Phi) is 4.39. The summed E-state index contributed by atoms with van der Waals surface area (Å²) in [6.45, 7) is 1.58. The number of carbonyl (C=O) groups is 3. The van der Waals surface area contributed by atoms with Crippen molar-refractivity contribution >= 4 is 29.1 Å². The molecule has 1 unspecified atom stereocenters. The Morgan fingerprint density at radius 1 is 1.35 bits per heavy atom.